The van der Waals surface area contributed by atoms with Crippen molar-refractivity contribution in [2.75, 3.05) is 45.6 Å². The lowest BCUT2D eigenvalue weighted by Crippen LogP contribution is -2.48. The van der Waals surface area contributed by atoms with Gasteiger partial charge in [-0.1, -0.05) is 18.2 Å². The summed E-state index contributed by atoms with van der Waals surface area (Å²) in [4.78, 5) is 2.32. The van der Waals surface area contributed by atoms with Crippen molar-refractivity contribution in [3.8, 4) is 5.75 Å². The molecular weight excluding hydrogens is 288 g/mol. The monoisotopic (exact) mass is 312 g/mol. The summed E-state index contributed by atoms with van der Waals surface area (Å²) in [6, 6.07) is 9.84. The summed E-state index contributed by atoms with van der Waals surface area (Å²) < 4.78 is 30.0. The molecule has 1 heterocycles. The zero-order valence-electron chi connectivity index (χ0n) is 12.6. The summed E-state index contributed by atoms with van der Waals surface area (Å²) in [7, 11) is -3.02. The molecule has 0 spiro atoms. The molecule has 1 aromatic rings. The molecule has 0 amide bonds. The minimum Gasteiger partial charge on any atom is -0.494 e. The van der Waals surface area contributed by atoms with Crippen molar-refractivity contribution in [2.45, 2.75) is 12.8 Å². The van der Waals surface area contributed by atoms with E-state index in [1.165, 1.54) is 6.26 Å². The Morgan fingerprint density at radius 2 is 1.71 bits per heavy atom. The number of piperazine rings is 1. The van der Waals surface area contributed by atoms with Crippen LogP contribution in [0.3, 0.4) is 0 Å². The van der Waals surface area contributed by atoms with Crippen molar-refractivity contribution in [2.24, 2.45) is 0 Å². The van der Waals surface area contributed by atoms with Crippen molar-refractivity contribution >= 4 is 10.0 Å². The Bertz CT molecular complexity index is 511. The van der Waals surface area contributed by atoms with Gasteiger partial charge >= 0.3 is 0 Å². The Kier molecular flexibility index (Phi) is 6.02. The second kappa shape index (κ2) is 7.77. The third-order valence-electron chi connectivity index (χ3n) is 3.68. The van der Waals surface area contributed by atoms with Gasteiger partial charge < -0.3 is 9.64 Å². The SMILES string of the molecule is CS(=O)(=O)N1CCN(CCCCOc2ccccc2)CC1. The second-order valence-electron chi connectivity index (χ2n) is 5.37. The molecule has 0 atom stereocenters. The van der Waals surface area contributed by atoms with Crippen LogP contribution in [0.4, 0.5) is 0 Å². The Balaban J connectivity index is 1.56. The van der Waals surface area contributed by atoms with E-state index in [0.29, 0.717) is 13.1 Å². The molecule has 1 saturated heterocycles. The van der Waals surface area contributed by atoms with E-state index in [1.807, 2.05) is 30.3 Å². The van der Waals surface area contributed by atoms with Gasteiger partial charge in [-0.15, -0.1) is 0 Å². The van der Waals surface area contributed by atoms with E-state index >= 15 is 0 Å². The average molecular weight is 312 g/mol. The first-order valence-corrected chi connectivity index (χ1v) is 9.26. The van der Waals surface area contributed by atoms with Gasteiger partial charge in [0.15, 0.2) is 0 Å². The molecule has 0 unspecified atom stereocenters. The maximum atomic E-state index is 11.4. The molecule has 21 heavy (non-hydrogen) atoms. The molecule has 0 aliphatic carbocycles. The van der Waals surface area contributed by atoms with Crippen molar-refractivity contribution in [3.63, 3.8) is 0 Å². The number of sulfonamides is 1. The maximum Gasteiger partial charge on any atom is 0.211 e. The van der Waals surface area contributed by atoms with Crippen LogP contribution in [0.25, 0.3) is 0 Å². The zero-order valence-corrected chi connectivity index (χ0v) is 13.4. The number of nitrogens with zero attached hydrogens (tertiary/aromatic N) is 2. The van der Waals surface area contributed by atoms with Gasteiger partial charge in [-0.25, -0.2) is 8.42 Å². The number of hydrogen-bond acceptors (Lipinski definition) is 4. The van der Waals surface area contributed by atoms with Gasteiger partial charge in [0.2, 0.25) is 10.0 Å². The van der Waals surface area contributed by atoms with E-state index in [9.17, 15) is 8.42 Å². The van der Waals surface area contributed by atoms with Crippen LogP contribution in [0.15, 0.2) is 30.3 Å². The number of rotatable bonds is 7. The van der Waals surface area contributed by atoms with Crippen LogP contribution in [0, 0.1) is 0 Å². The molecule has 0 aromatic heterocycles. The molecule has 6 heteroatoms. The average Bonchev–Trinajstić information content (AvgIpc) is 2.47. The largest absolute Gasteiger partial charge is 0.494 e. The van der Waals surface area contributed by atoms with Gasteiger partial charge in [0, 0.05) is 26.2 Å². The quantitative estimate of drug-likeness (QED) is 0.715. The van der Waals surface area contributed by atoms with Crippen molar-refractivity contribution in [1.29, 1.82) is 0 Å². The highest BCUT2D eigenvalue weighted by Crippen LogP contribution is 2.10. The normalized spacial score (nSPS) is 17.8. The van der Waals surface area contributed by atoms with Gasteiger partial charge in [0.25, 0.3) is 0 Å². The molecule has 0 N–H and O–H groups in total. The van der Waals surface area contributed by atoms with Crippen LogP contribution in [0.1, 0.15) is 12.8 Å². The molecule has 1 aliphatic heterocycles. The van der Waals surface area contributed by atoms with Gasteiger partial charge in [0.1, 0.15) is 5.75 Å². The van der Waals surface area contributed by atoms with Crippen molar-refractivity contribution in [1.82, 2.24) is 9.21 Å². The lowest BCUT2D eigenvalue weighted by molar-refractivity contribution is 0.182. The van der Waals surface area contributed by atoms with Gasteiger partial charge in [0.05, 0.1) is 12.9 Å². The first-order chi connectivity index (χ1) is 10.1. The molecule has 0 saturated carbocycles. The van der Waals surface area contributed by atoms with E-state index in [-0.39, 0.29) is 0 Å². The van der Waals surface area contributed by atoms with E-state index in [0.717, 1.165) is 44.8 Å². The third-order valence-corrected chi connectivity index (χ3v) is 4.98. The fraction of sp³-hybridized carbons (Fsp3) is 0.600. The molecule has 0 radical (unpaired) electrons. The fourth-order valence-electron chi connectivity index (χ4n) is 2.43. The first kappa shape index (κ1) is 16.3. The Morgan fingerprint density at radius 1 is 1.05 bits per heavy atom. The van der Waals surface area contributed by atoms with Crippen molar-refractivity contribution < 1.29 is 13.2 Å². The highest BCUT2D eigenvalue weighted by atomic mass is 32.2. The number of ether oxygens (including phenoxy) is 1. The predicted molar refractivity (Wildman–Crippen MR) is 84.0 cm³/mol. The number of benzene rings is 1. The Labute approximate surface area is 127 Å². The zero-order chi connectivity index (χ0) is 15.1. The van der Waals surface area contributed by atoms with E-state index in [1.54, 1.807) is 4.31 Å². The molecule has 1 fully saturated rings. The summed E-state index contributed by atoms with van der Waals surface area (Å²) in [6.45, 7) is 4.61. The van der Waals surface area contributed by atoms with Crippen LogP contribution < -0.4 is 4.74 Å². The molecule has 0 bridgehead atoms. The maximum absolute atomic E-state index is 11.4. The predicted octanol–water partition coefficient (Wildman–Crippen LogP) is 1.42. The van der Waals surface area contributed by atoms with Crippen LogP contribution in [0.2, 0.25) is 0 Å². The molecule has 5 nitrogen and oxygen atoms in total. The summed E-state index contributed by atoms with van der Waals surface area (Å²) >= 11 is 0. The van der Waals surface area contributed by atoms with Crippen LogP contribution in [0.5, 0.6) is 5.75 Å². The fourth-order valence-corrected chi connectivity index (χ4v) is 3.26. The number of para-hydroxylation sites is 1. The van der Waals surface area contributed by atoms with E-state index in [4.69, 9.17) is 4.74 Å². The summed E-state index contributed by atoms with van der Waals surface area (Å²) in [5, 5.41) is 0. The third kappa shape index (κ3) is 5.65. The smallest absolute Gasteiger partial charge is 0.211 e. The highest BCUT2D eigenvalue weighted by Gasteiger charge is 2.22. The molecule has 1 aliphatic rings. The van der Waals surface area contributed by atoms with Crippen molar-refractivity contribution in [3.05, 3.63) is 30.3 Å². The molecule has 1 aromatic carbocycles. The van der Waals surface area contributed by atoms with E-state index in [2.05, 4.69) is 4.90 Å². The lowest BCUT2D eigenvalue weighted by Gasteiger charge is -2.33. The van der Waals surface area contributed by atoms with Gasteiger partial charge in [-0.05, 0) is 31.5 Å². The molecular formula is C15H24N2O3S. The topological polar surface area (TPSA) is 49.9 Å². The first-order valence-electron chi connectivity index (χ1n) is 7.41. The highest BCUT2D eigenvalue weighted by molar-refractivity contribution is 7.88. The molecule has 2 rings (SSSR count). The standard InChI is InChI=1S/C15H24N2O3S/c1-21(18,19)17-12-10-16(11-13-17)9-5-6-14-20-15-7-3-2-4-8-15/h2-4,7-8H,5-6,9-14H2,1H3. The second-order valence-corrected chi connectivity index (χ2v) is 7.35. The minimum atomic E-state index is -3.02. The summed E-state index contributed by atoms with van der Waals surface area (Å²) in [6.07, 6.45) is 3.37. The number of unbranched alkanes of at least 4 members (excludes halogenated alkanes) is 1. The Morgan fingerprint density at radius 3 is 2.33 bits per heavy atom. The summed E-state index contributed by atoms with van der Waals surface area (Å²) in [5.41, 5.74) is 0. The number of hydrogen-bond donors (Lipinski definition) is 0. The van der Waals surface area contributed by atoms with Crippen LogP contribution >= 0.6 is 0 Å². The minimum absolute atomic E-state index is 0.610. The Hall–Kier alpha value is -1.11. The van der Waals surface area contributed by atoms with Crippen LogP contribution in [-0.4, -0.2) is 63.2 Å². The van der Waals surface area contributed by atoms with Gasteiger partial charge in [-0.3, -0.25) is 0 Å². The van der Waals surface area contributed by atoms with E-state index < -0.39 is 10.0 Å². The lowest BCUT2D eigenvalue weighted by atomic mass is 10.2. The van der Waals surface area contributed by atoms with Gasteiger partial charge in [-0.2, -0.15) is 4.31 Å². The summed E-state index contributed by atoms with van der Waals surface area (Å²) in [5.74, 6) is 0.916. The molecule has 118 valence electrons. The van der Waals surface area contributed by atoms with Crippen LogP contribution in [-0.2, 0) is 10.0 Å².